The molecule has 2 N–H and O–H groups in total. The van der Waals surface area contributed by atoms with Gasteiger partial charge < -0.3 is 15.0 Å². The van der Waals surface area contributed by atoms with Gasteiger partial charge in [-0.1, -0.05) is 37.3 Å². The first kappa shape index (κ1) is 17.4. The third-order valence-corrected chi connectivity index (χ3v) is 4.38. The van der Waals surface area contributed by atoms with Crippen molar-refractivity contribution in [1.29, 1.82) is 0 Å². The predicted octanol–water partition coefficient (Wildman–Crippen LogP) is 3.51. The van der Waals surface area contributed by atoms with E-state index in [2.05, 4.69) is 41.3 Å². The van der Waals surface area contributed by atoms with E-state index in [0.29, 0.717) is 12.4 Å². The number of benzene rings is 1. The van der Waals surface area contributed by atoms with Gasteiger partial charge in [0.25, 0.3) is 0 Å². The molecule has 0 radical (unpaired) electrons. The molecule has 0 amide bonds. The summed E-state index contributed by atoms with van der Waals surface area (Å²) in [7, 11) is 0. The highest BCUT2D eigenvalue weighted by molar-refractivity contribution is 5.83. The Balaban J connectivity index is 2.02. The summed E-state index contributed by atoms with van der Waals surface area (Å²) in [5.74, 6) is 1.31. The summed E-state index contributed by atoms with van der Waals surface area (Å²) in [4.78, 5) is 13.9. The number of aromatic nitrogens is 4. The highest BCUT2D eigenvalue weighted by atomic mass is 16.3. The average Bonchev–Trinajstić information content (AvgIpc) is 3.06. The molecular weight excluding hydrogens is 314 g/mol. The molecule has 2 aromatic heterocycles. The van der Waals surface area contributed by atoms with E-state index in [1.54, 1.807) is 6.33 Å². The van der Waals surface area contributed by atoms with Gasteiger partial charge in [-0.05, 0) is 25.8 Å². The summed E-state index contributed by atoms with van der Waals surface area (Å²) in [6.45, 7) is 6.94. The van der Waals surface area contributed by atoms with Crippen LogP contribution in [0.5, 0.6) is 0 Å². The summed E-state index contributed by atoms with van der Waals surface area (Å²) in [6.07, 6.45) is 2.59. The molecule has 0 aliphatic rings. The van der Waals surface area contributed by atoms with Crippen molar-refractivity contribution in [3.63, 3.8) is 0 Å². The van der Waals surface area contributed by atoms with Gasteiger partial charge in [-0.3, -0.25) is 0 Å². The SMILES string of the molecule is CC[C@H](CO)c1nc(NCc2ccccc2)c2ncn(C(C)C)c2n1. The first-order chi connectivity index (χ1) is 12.1. The normalized spacial score (nSPS) is 12.7. The van der Waals surface area contributed by atoms with Gasteiger partial charge in [0.1, 0.15) is 11.3 Å². The molecule has 25 heavy (non-hydrogen) atoms. The van der Waals surface area contributed by atoms with E-state index in [-0.39, 0.29) is 18.6 Å². The fraction of sp³-hybridized carbons (Fsp3) is 0.421. The van der Waals surface area contributed by atoms with E-state index < -0.39 is 0 Å². The van der Waals surface area contributed by atoms with Crippen molar-refractivity contribution in [3.8, 4) is 0 Å². The number of rotatable bonds is 7. The highest BCUT2D eigenvalue weighted by Crippen LogP contribution is 2.25. The minimum atomic E-state index is -0.0720. The third-order valence-electron chi connectivity index (χ3n) is 4.38. The molecule has 0 spiro atoms. The molecule has 0 unspecified atom stereocenters. The van der Waals surface area contributed by atoms with E-state index >= 15 is 0 Å². The lowest BCUT2D eigenvalue weighted by Crippen LogP contribution is -2.12. The topological polar surface area (TPSA) is 75.9 Å². The van der Waals surface area contributed by atoms with Crippen molar-refractivity contribution in [2.24, 2.45) is 0 Å². The summed E-state index contributed by atoms with van der Waals surface area (Å²) in [5.41, 5.74) is 2.75. The molecule has 6 nitrogen and oxygen atoms in total. The van der Waals surface area contributed by atoms with Gasteiger partial charge in [0.15, 0.2) is 11.5 Å². The number of anilines is 1. The second-order valence-corrected chi connectivity index (χ2v) is 6.48. The van der Waals surface area contributed by atoms with E-state index in [1.807, 2.05) is 29.7 Å². The third kappa shape index (κ3) is 3.64. The Morgan fingerprint density at radius 1 is 1.16 bits per heavy atom. The summed E-state index contributed by atoms with van der Waals surface area (Å²) < 4.78 is 2.04. The van der Waals surface area contributed by atoms with Crippen LogP contribution in [0.2, 0.25) is 0 Å². The summed E-state index contributed by atoms with van der Waals surface area (Å²) >= 11 is 0. The molecule has 3 rings (SSSR count). The number of nitrogens with zero attached hydrogens (tertiary/aromatic N) is 4. The van der Waals surface area contributed by atoms with Crippen LogP contribution in [0.4, 0.5) is 5.82 Å². The van der Waals surface area contributed by atoms with Gasteiger partial charge in [-0.25, -0.2) is 15.0 Å². The molecule has 0 saturated carbocycles. The van der Waals surface area contributed by atoms with E-state index in [4.69, 9.17) is 4.98 Å². The molecule has 2 heterocycles. The van der Waals surface area contributed by atoms with Crippen molar-refractivity contribution >= 4 is 17.0 Å². The molecule has 1 atom stereocenters. The maximum atomic E-state index is 9.66. The van der Waals surface area contributed by atoms with Crippen LogP contribution < -0.4 is 5.32 Å². The first-order valence-corrected chi connectivity index (χ1v) is 8.77. The maximum absolute atomic E-state index is 9.66. The van der Waals surface area contributed by atoms with Crippen molar-refractivity contribution in [2.75, 3.05) is 11.9 Å². The fourth-order valence-corrected chi connectivity index (χ4v) is 2.79. The van der Waals surface area contributed by atoms with Gasteiger partial charge in [0.05, 0.1) is 12.9 Å². The quantitative estimate of drug-likeness (QED) is 0.689. The number of aliphatic hydroxyl groups excluding tert-OH is 1. The number of fused-ring (bicyclic) bond motifs is 1. The Labute approximate surface area is 148 Å². The Hall–Kier alpha value is -2.47. The zero-order chi connectivity index (χ0) is 17.8. The largest absolute Gasteiger partial charge is 0.396 e. The van der Waals surface area contributed by atoms with Gasteiger partial charge >= 0.3 is 0 Å². The average molecular weight is 339 g/mol. The zero-order valence-electron chi connectivity index (χ0n) is 15.0. The minimum absolute atomic E-state index is 0.0376. The second kappa shape index (κ2) is 7.61. The smallest absolute Gasteiger partial charge is 0.166 e. The van der Waals surface area contributed by atoms with Crippen LogP contribution in [-0.4, -0.2) is 31.2 Å². The van der Waals surface area contributed by atoms with Crippen LogP contribution in [0, 0.1) is 0 Å². The van der Waals surface area contributed by atoms with Crippen LogP contribution in [0.15, 0.2) is 36.7 Å². The molecule has 1 aromatic carbocycles. The number of hydrogen-bond acceptors (Lipinski definition) is 5. The van der Waals surface area contributed by atoms with Gasteiger partial charge in [0, 0.05) is 18.5 Å². The lowest BCUT2D eigenvalue weighted by Gasteiger charge is -2.15. The predicted molar refractivity (Wildman–Crippen MR) is 99.6 cm³/mol. The second-order valence-electron chi connectivity index (χ2n) is 6.48. The molecule has 0 aliphatic carbocycles. The van der Waals surface area contributed by atoms with Crippen LogP contribution in [-0.2, 0) is 6.54 Å². The first-order valence-electron chi connectivity index (χ1n) is 8.77. The Kier molecular flexibility index (Phi) is 5.28. The molecular formula is C19H25N5O. The van der Waals surface area contributed by atoms with Gasteiger partial charge in [0.2, 0.25) is 0 Å². The number of hydrogen-bond donors (Lipinski definition) is 2. The molecule has 0 bridgehead atoms. The molecule has 0 fully saturated rings. The molecule has 3 aromatic rings. The lowest BCUT2D eigenvalue weighted by molar-refractivity contribution is 0.258. The Morgan fingerprint density at radius 2 is 1.92 bits per heavy atom. The number of aliphatic hydroxyl groups is 1. The molecule has 132 valence electrons. The molecule has 6 heteroatoms. The van der Waals surface area contributed by atoms with Gasteiger partial charge in [-0.2, -0.15) is 0 Å². The summed E-state index contributed by atoms with van der Waals surface area (Å²) in [5, 5.41) is 13.0. The lowest BCUT2D eigenvalue weighted by atomic mass is 10.1. The van der Waals surface area contributed by atoms with Gasteiger partial charge in [-0.15, -0.1) is 0 Å². The minimum Gasteiger partial charge on any atom is -0.396 e. The van der Waals surface area contributed by atoms with E-state index in [9.17, 15) is 5.11 Å². The van der Waals surface area contributed by atoms with Crippen LogP contribution in [0.25, 0.3) is 11.2 Å². The van der Waals surface area contributed by atoms with Crippen LogP contribution in [0.1, 0.15) is 50.5 Å². The van der Waals surface area contributed by atoms with Crippen molar-refractivity contribution in [1.82, 2.24) is 19.5 Å². The monoisotopic (exact) mass is 339 g/mol. The number of imidazole rings is 1. The van der Waals surface area contributed by atoms with Crippen molar-refractivity contribution in [2.45, 2.75) is 45.7 Å². The maximum Gasteiger partial charge on any atom is 0.166 e. The summed E-state index contributed by atoms with van der Waals surface area (Å²) in [6, 6.07) is 10.4. The molecule has 0 aliphatic heterocycles. The van der Waals surface area contributed by atoms with E-state index in [1.165, 1.54) is 5.56 Å². The van der Waals surface area contributed by atoms with Crippen LogP contribution in [0.3, 0.4) is 0 Å². The van der Waals surface area contributed by atoms with Crippen molar-refractivity contribution in [3.05, 3.63) is 48.0 Å². The fourth-order valence-electron chi connectivity index (χ4n) is 2.79. The van der Waals surface area contributed by atoms with Crippen molar-refractivity contribution < 1.29 is 5.11 Å². The zero-order valence-corrected chi connectivity index (χ0v) is 15.0. The Bertz CT molecular complexity index is 824. The standard InChI is InChI=1S/C19H25N5O/c1-4-15(11-25)17-22-18(20-10-14-8-6-5-7-9-14)16-19(23-17)24(12-21-16)13(2)3/h5-9,12-13,15,25H,4,10-11H2,1-3H3,(H,20,22,23)/t15-/m1/s1. The number of nitrogens with one attached hydrogen (secondary N) is 1. The van der Waals surface area contributed by atoms with Crippen LogP contribution >= 0.6 is 0 Å². The van der Waals surface area contributed by atoms with E-state index in [0.717, 1.165) is 23.4 Å². The highest BCUT2D eigenvalue weighted by Gasteiger charge is 2.19. The molecule has 0 saturated heterocycles. The Morgan fingerprint density at radius 3 is 2.56 bits per heavy atom.